The van der Waals surface area contributed by atoms with Crippen LogP contribution in [0.5, 0.6) is 11.5 Å². The van der Waals surface area contributed by atoms with Gasteiger partial charge in [-0.3, -0.25) is 23.7 Å². The van der Waals surface area contributed by atoms with Crippen LogP contribution in [0, 0.1) is 12.8 Å². The van der Waals surface area contributed by atoms with E-state index in [1.54, 1.807) is 37.3 Å². The number of rotatable bonds is 9. The lowest BCUT2D eigenvalue weighted by Crippen LogP contribution is -2.33. The highest BCUT2D eigenvalue weighted by molar-refractivity contribution is 8.00. The maximum absolute atomic E-state index is 14.2. The molecule has 0 aliphatic carbocycles. The molecule has 3 heterocycles. The van der Waals surface area contributed by atoms with Gasteiger partial charge in [-0.2, -0.15) is 0 Å². The molecule has 3 atom stereocenters. The number of esters is 1. The van der Waals surface area contributed by atoms with Gasteiger partial charge >= 0.3 is 10.8 Å². The standard InChI is InChI=1S/C34H31N3O8S2/c1-5-45-33(41)19-8-13-22(14-9-19)37-30(39)27-26(20-10-15-23(43-3)24(16-20)44-4)29-32(46-28(27)31(37)40)36(34(42)47-29)17-25(38)35-21-11-6-18(2)7-12-21/h6-16,26-28H,5,17H2,1-4H3,(H,35,38). The maximum atomic E-state index is 14.2. The molecule has 1 aromatic heterocycles. The molecule has 47 heavy (non-hydrogen) atoms. The highest BCUT2D eigenvalue weighted by atomic mass is 32.2. The summed E-state index contributed by atoms with van der Waals surface area (Å²) in [5, 5.41) is 2.40. The van der Waals surface area contributed by atoms with Gasteiger partial charge in [0.25, 0.3) is 0 Å². The quantitative estimate of drug-likeness (QED) is 0.196. The normalized spacial score (nSPS) is 18.4. The summed E-state index contributed by atoms with van der Waals surface area (Å²) in [5.41, 5.74) is 2.89. The number of benzene rings is 3. The van der Waals surface area contributed by atoms with Crippen molar-refractivity contribution in [3.63, 3.8) is 0 Å². The van der Waals surface area contributed by atoms with Gasteiger partial charge in [-0.1, -0.05) is 46.9 Å². The van der Waals surface area contributed by atoms with Crippen LogP contribution in [0.4, 0.5) is 11.4 Å². The highest BCUT2D eigenvalue weighted by Crippen LogP contribution is 2.54. The third-order valence-corrected chi connectivity index (χ3v) is 10.7. The number of nitrogens with zero attached hydrogens (tertiary/aromatic N) is 2. The van der Waals surface area contributed by atoms with Crippen molar-refractivity contribution in [2.45, 2.75) is 36.6 Å². The van der Waals surface area contributed by atoms with Crippen molar-refractivity contribution < 1.29 is 33.4 Å². The number of carbonyl (C=O) groups is 4. The fraction of sp³-hybridized carbons (Fsp3) is 0.265. The zero-order chi connectivity index (χ0) is 33.4. The Labute approximate surface area is 278 Å². The lowest BCUT2D eigenvalue weighted by atomic mass is 9.83. The van der Waals surface area contributed by atoms with Gasteiger partial charge in [0.1, 0.15) is 11.8 Å². The van der Waals surface area contributed by atoms with Gasteiger partial charge in [0.15, 0.2) is 11.5 Å². The van der Waals surface area contributed by atoms with E-state index in [4.69, 9.17) is 14.2 Å². The van der Waals surface area contributed by atoms with Crippen LogP contribution in [0.1, 0.15) is 39.2 Å². The molecule has 2 aliphatic heterocycles. The molecule has 0 radical (unpaired) electrons. The number of methoxy groups -OCH3 is 2. The Hall–Kier alpha value is -4.88. The molecule has 0 spiro atoms. The molecule has 2 aliphatic rings. The van der Waals surface area contributed by atoms with E-state index in [0.29, 0.717) is 43.9 Å². The molecule has 1 saturated heterocycles. The maximum Gasteiger partial charge on any atom is 0.338 e. The molecule has 1 N–H and O–H groups in total. The smallest absolute Gasteiger partial charge is 0.338 e. The van der Waals surface area contributed by atoms with Crippen LogP contribution >= 0.6 is 23.1 Å². The second kappa shape index (κ2) is 13.1. The van der Waals surface area contributed by atoms with Crippen LogP contribution in [-0.4, -0.2) is 54.3 Å². The number of carbonyl (C=O) groups excluding carboxylic acids is 4. The zero-order valence-electron chi connectivity index (χ0n) is 26.0. The average molecular weight is 674 g/mol. The fourth-order valence-electron chi connectivity index (χ4n) is 5.86. The Bertz CT molecular complexity index is 1930. The van der Waals surface area contributed by atoms with Crippen molar-refractivity contribution in [2.24, 2.45) is 5.92 Å². The van der Waals surface area contributed by atoms with Crippen molar-refractivity contribution in [3.05, 3.63) is 98.0 Å². The van der Waals surface area contributed by atoms with E-state index >= 15 is 0 Å². The number of hydrogen-bond acceptors (Lipinski definition) is 10. The van der Waals surface area contributed by atoms with Crippen LogP contribution in [0.2, 0.25) is 0 Å². The molecular formula is C34H31N3O8S2. The third kappa shape index (κ3) is 5.92. The molecule has 1 fully saturated rings. The van der Waals surface area contributed by atoms with E-state index in [-0.39, 0.29) is 18.0 Å². The van der Waals surface area contributed by atoms with Crippen LogP contribution in [0.3, 0.4) is 0 Å². The molecule has 11 nitrogen and oxygen atoms in total. The average Bonchev–Trinajstić information content (AvgIpc) is 3.51. The first-order chi connectivity index (χ1) is 22.6. The van der Waals surface area contributed by atoms with Crippen molar-refractivity contribution in [1.29, 1.82) is 0 Å². The Morgan fingerprint density at radius 1 is 0.894 bits per heavy atom. The summed E-state index contributed by atoms with van der Waals surface area (Å²) in [7, 11) is 3.01. The largest absolute Gasteiger partial charge is 0.493 e. The van der Waals surface area contributed by atoms with E-state index < -0.39 is 40.8 Å². The second-order valence-corrected chi connectivity index (χ2v) is 13.1. The summed E-state index contributed by atoms with van der Waals surface area (Å²) in [6.07, 6.45) is 0. The summed E-state index contributed by atoms with van der Waals surface area (Å²) in [6, 6.07) is 18.6. The van der Waals surface area contributed by atoms with E-state index in [1.165, 1.54) is 43.1 Å². The minimum Gasteiger partial charge on any atom is -0.493 e. The van der Waals surface area contributed by atoms with Crippen molar-refractivity contribution in [1.82, 2.24) is 4.57 Å². The first kappa shape index (κ1) is 32.1. The third-order valence-electron chi connectivity index (χ3n) is 8.09. The van der Waals surface area contributed by atoms with Gasteiger partial charge in [0.05, 0.1) is 43.0 Å². The number of thioether (sulfide) groups is 1. The number of hydrogen-bond donors (Lipinski definition) is 1. The van der Waals surface area contributed by atoms with Gasteiger partial charge in [0.2, 0.25) is 17.7 Å². The van der Waals surface area contributed by atoms with E-state index in [0.717, 1.165) is 33.6 Å². The Kier molecular flexibility index (Phi) is 8.93. The number of anilines is 2. The number of aromatic nitrogens is 1. The summed E-state index contributed by atoms with van der Waals surface area (Å²) in [5.74, 6) is -2.47. The molecule has 0 bridgehead atoms. The predicted molar refractivity (Wildman–Crippen MR) is 178 cm³/mol. The summed E-state index contributed by atoms with van der Waals surface area (Å²) in [4.78, 5) is 68.5. The second-order valence-electron chi connectivity index (χ2n) is 11.0. The monoisotopic (exact) mass is 673 g/mol. The molecule has 6 rings (SSSR count). The number of imide groups is 1. The predicted octanol–water partition coefficient (Wildman–Crippen LogP) is 4.85. The zero-order valence-corrected chi connectivity index (χ0v) is 27.6. The fourth-order valence-corrected chi connectivity index (χ4v) is 8.63. The minimum atomic E-state index is -0.891. The topological polar surface area (TPSA) is 133 Å². The number of ether oxygens (including phenoxy) is 3. The molecule has 0 saturated carbocycles. The molecule has 3 aromatic carbocycles. The van der Waals surface area contributed by atoms with Crippen molar-refractivity contribution in [3.8, 4) is 11.5 Å². The molecule has 13 heteroatoms. The number of nitrogens with one attached hydrogen (secondary N) is 1. The van der Waals surface area contributed by atoms with Crippen LogP contribution < -0.4 is 24.6 Å². The van der Waals surface area contributed by atoms with E-state index in [9.17, 15) is 24.0 Å². The Morgan fingerprint density at radius 3 is 2.26 bits per heavy atom. The summed E-state index contributed by atoms with van der Waals surface area (Å²) >= 11 is 2.07. The summed E-state index contributed by atoms with van der Waals surface area (Å²) < 4.78 is 17.4. The molecule has 242 valence electrons. The van der Waals surface area contributed by atoms with Gasteiger partial charge in [0, 0.05) is 16.5 Å². The molecule has 3 amide bonds. The van der Waals surface area contributed by atoms with Gasteiger partial charge < -0.3 is 19.5 Å². The van der Waals surface area contributed by atoms with Crippen LogP contribution in [0.25, 0.3) is 0 Å². The highest BCUT2D eigenvalue weighted by Gasteiger charge is 2.57. The summed E-state index contributed by atoms with van der Waals surface area (Å²) in [6.45, 7) is 3.58. The van der Waals surface area contributed by atoms with Crippen LogP contribution in [0.15, 0.2) is 76.6 Å². The Balaban J connectivity index is 1.40. The SMILES string of the molecule is CCOC(=O)c1ccc(N2C(=O)C3Sc4c(sc(=O)n4CC(=O)Nc4ccc(C)cc4)C(c4ccc(OC)c(OC)c4)C3C2=O)cc1. The first-order valence-corrected chi connectivity index (χ1v) is 16.5. The first-order valence-electron chi connectivity index (χ1n) is 14.8. The number of aryl methyl sites for hydroxylation is 1. The minimum absolute atomic E-state index is 0.213. The van der Waals surface area contributed by atoms with Gasteiger partial charge in [-0.05, 0) is 67.9 Å². The molecule has 3 unspecified atom stereocenters. The lowest BCUT2D eigenvalue weighted by molar-refractivity contribution is -0.122. The molecule has 4 aromatic rings. The molecular weight excluding hydrogens is 643 g/mol. The van der Waals surface area contributed by atoms with E-state index in [1.807, 2.05) is 19.1 Å². The van der Waals surface area contributed by atoms with Gasteiger partial charge in [-0.15, -0.1) is 0 Å². The number of fused-ring (bicyclic) bond motifs is 2. The van der Waals surface area contributed by atoms with E-state index in [2.05, 4.69) is 5.32 Å². The lowest BCUT2D eigenvalue weighted by Gasteiger charge is -2.31. The van der Waals surface area contributed by atoms with Gasteiger partial charge in [-0.25, -0.2) is 9.69 Å². The van der Waals surface area contributed by atoms with Crippen molar-refractivity contribution in [2.75, 3.05) is 31.0 Å². The number of amides is 3. The number of thiazole rings is 1. The van der Waals surface area contributed by atoms with Crippen LogP contribution in [-0.2, 0) is 25.7 Å². The van der Waals surface area contributed by atoms with Crippen molar-refractivity contribution >= 4 is 58.2 Å². The Morgan fingerprint density at radius 2 is 1.60 bits per heavy atom.